The predicted octanol–water partition coefficient (Wildman–Crippen LogP) is 2.60. The summed E-state index contributed by atoms with van der Waals surface area (Å²) in [6.45, 7) is 0.488. The molecule has 126 valence electrons. The molecule has 6 nitrogen and oxygen atoms in total. The number of rotatable bonds is 7. The van der Waals surface area contributed by atoms with Gasteiger partial charge in [0.2, 0.25) is 5.91 Å². The maximum absolute atomic E-state index is 13.3. The highest BCUT2D eigenvalue weighted by Crippen LogP contribution is 2.19. The minimum absolute atomic E-state index is 0.0728. The molecule has 0 bridgehead atoms. The van der Waals surface area contributed by atoms with Crippen molar-refractivity contribution < 1.29 is 18.4 Å². The Morgan fingerprint density at radius 1 is 1.38 bits per heavy atom. The molecule has 2 N–H and O–H groups in total. The van der Waals surface area contributed by atoms with E-state index in [4.69, 9.17) is 9.26 Å². The number of carbonyl (C=O) groups is 1. The smallest absolute Gasteiger partial charge is 0.254 e. The zero-order valence-corrected chi connectivity index (χ0v) is 13.3. The van der Waals surface area contributed by atoms with Crippen molar-refractivity contribution in [1.82, 2.24) is 15.5 Å². The standard InChI is InChI=1S/C17H18FN3O3/c1-23-17-9-13(24-21-17)3-5-16(22)19-7-6-11-10-20-15-4-2-12(18)8-14(11)15/h2,4,8-10,20H,3,5-7H2,1H3,(H,19,22). The van der Waals surface area contributed by atoms with E-state index in [-0.39, 0.29) is 11.7 Å². The SMILES string of the molecule is COc1cc(CCC(=O)NCCc2c[nH]c3ccc(F)cc23)on1. The number of carbonyl (C=O) groups excluding carboxylic acids is 1. The minimum atomic E-state index is -0.269. The average Bonchev–Trinajstić information content (AvgIpc) is 3.20. The molecule has 0 unspecified atom stereocenters. The van der Waals surface area contributed by atoms with Gasteiger partial charge in [0, 0.05) is 42.6 Å². The van der Waals surface area contributed by atoms with Crippen molar-refractivity contribution in [2.24, 2.45) is 0 Å². The molecule has 0 saturated heterocycles. The van der Waals surface area contributed by atoms with Crippen molar-refractivity contribution in [3.05, 3.63) is 47.6 Å². The Balaban J connectivity index is 1.46. The molecule has 2 heterocycles. The normalized spacial score (nSPS) is 10.9. The highest BCUT2D eigenvalue weighted by atomic mass is 19.1. The summed E-state index contributed by atoms with van der Waals surface area (Å²) in [6, 6.07) is 6.29. The van der Waals surface area contributed by atoms with Crippen LogP contribution in [0.15, 0.2) is 35.0 Å². The van der Waals surface area contributed by atoms with Crippen molar-refractivity contribution in [2.45, 2.75) is 19.3 Å². The van der Waals surface area contributed by atoms with Crippen LogP contribution in [0.1, 0.15) is 17.7 Å². The first-order chi connectivity index (χ1) is 11.7. The maximum Gasteiger partial charge on any atom is 0.254 e. The van der Waals surface area contributed by atoms with Gasteiger partial charge in [0.05, 0.1) is 7.11 Å². The first kappa shape index (κ1) is 16.0. The monoisotopic (exact) mass is 331 g/mol. The molecular formula is C17H18FN3O3. The molecule has 7 heteroatoms. The van der Waals surface area contributed by atoms with E-state index in [0.717, 1.165) is 16.5 Å². The van der Waals surface area contributed by atoms with Crippen LogP contribution in [0.3, 0.4) is 0 Å². The van der Waals surface area contributed by atoms with Crippen LogP contribution in [-0.2, 0) is 17.6 Å². The van der Waals surface area contributed by atoms with Gasteiger partial charge in [-0.1, -0.05) is 0 Å². The van der Waals surface area contributed by atoms with Crippen LogP contribution < -0.4 is 10.1 Å². The van der Waals surface area contributed by atoms with E-state index in [1.807, 2.05) is 6.20 Å². The number of nitrogens with one attached hydrogen (secondary N) is 2. The van der Waals surface area contributed by atoms with Crippen LogP contribution in [0.2, 0.25) is 0 Å². The molecule has 0 aliphatic heterocycles. The lowest BCUT2D eigenvalue weighted by Gasteiger charge is -2.04. The number of fused-ring (bicyclic) bond motifs is 1. The van der Waals surface area contributed by atoms with Crippen LogP contribution in [0.25, 0.3) is 10.9 Å². The second-order valence-electron chi connectivity index (χ2n) is 5.44. The van der Waals surface area contributed by atoms with E-state index in [9.17, 15) is 9.18 Å². The van der Waals surface area contributed by atoms with Gasteiger partial charge < -0.3 is 19.6 Å². The van der Waals surface area contributed by atoms with Crippen LogP contribution in [-0.4, -0.2) is 29.7 Å². The molecule has 0 fully saturated rings. The molecule has 24 heavy (non-hydrogen) atoms. The molecular weight excluding hydrogens is 313 g/mol. The number of hydrogen-bond donors (Lipinski definition) is 2. The van der Waals surface area contributed by atoms with Gasteiger partial charge in [0.1, 0.15) is 11.6 Å². The lowest BCUT2D eigenvalue weighted by molar-refractivity contribution is -0.121. The predicted molar refractivity (Wildman–Crippen MR) is 86.3 cm³/mol. The topological polar surface area (TPSA) is 80.1 Å². The molecule has 0 spiro atoms. The fraction of sp³-hybridized carbons (Fsp3) is 0.294. The number of ether oxygens (including phenoxy) is 1. The average molecular weight is 331 g/mol. The van der Waals surface area contributed by atoms with Crippen LogP contribution in [0.4, 0.5) is 4.39 Å². The molecule has 0 atom stereocenters. The van der Waals surface area contributed by atoms with Crippen LogP contribution in [0.5, 0.6) is 5.88 Å². The number of aromatic amines is 1. The summed E-state index contributed by atoms with van der Waals surface area (Å²) in [6.07, 6.45) is 3.24. The quantitative estimate of drug-likeness (QED) is 0.697. The molecule has 1 amide bonds. The number of methoxy groups -OCH3 is 1. The van der Waals surface area contributed by atoms with E-state index in [2.05, 4.69) is 15.5 Å². The Labute approximate surface area is 138 Å². The van der Waals surface area contributed by atoms with Crippen molar-refractivity contribution in [3.63, 3.8) is 0 Å². The van der Waals surface area contributed by atoms with Gasteiger partial charge in [0.25, 0.3) is 5.88 Å². The summed E-state index contributed by atoms with van der Waals surface area (Å²) in [5, 5.41) is 7.38. The maximum atomic E-state index is 13.3. The van der Waals surface area contributed by atoms with E-state index in [0.29, 0.717) is 37.4 Å². The van der Waals surface area contributed by atoms with Crippen molar-refractivity contribution in [1.29, 1.82) is 0 Å². The van der Waals surface area contributed by atoms with Crippen LogP contribution >= 0.6 is 0 Å². The molecule has 2 aromatic heterocycles. The number of amides is 1. The minimum Gasteiger partial charge on any atom is -0.479 e. The van der Waals surface area contributed by atoms with E-state index >= 15 is 0 Å². The van der Waals surface area contributed by atoms with Crippen molar-refractivity contribution in [2.75, 3.05) is 13.7 Å². The van der Waals surface area contributed by atoms with Gasteiger partial charge in [0.15, 0.2) is 0 Å². The molecule has 1 aromatic carbocycles. The summed E-state index contributed by atoms with van der Waals surface area (Å²) in [5.74, 6) is 0.664. The Kier molecular flexibility index (Phi) is 4.79. The summed E-state index contributed by atoms with van der Waals surface area (Å²) >= 11 is 0. The molecule has 3 aromatic rings. The summed E-state index contributed by atoms with van der Waals surface area (Å²) in [7, 11) is 1.50. The Hall–Kier alpha value is -2.83. The third-order valence-corrected chi connectivity index (χ3v) is 3.79. The lowest BCUT2D eigenvalue weighted by Crippen LogP contribution is -2.25. The fourth-order valence-electron chi connectivity index (χ4n) is 2.53. The number of halogens is 1. The van der Waals surface area contributed by atoms with Gasteiger partial charge in [-0.15, -0.1) is 0 Å². The third kappa shape index (κ3) is 3.73. The summed E-state index contributed by atoms with van der Waals surface area (Å²) in [4.78, 5) is 15.0. The molecule has 0 aliphatic rings. The van der Waals surface area contributed by atoms with Crippen molar-refractivity contribution >= 4 is 16.8 Å². The van der Waals surface area contributed by atoms with E-state index in [1.54, 1.807) is 12.1 Å². The number of nitrogens with zero attached hydrogens (tertiary/aromatic N) is 1. The van der Waals surface area contributed by atoms with Crippen LogP contribution in [0, 0.1) is 5.82 Å². The highest BCUT2D eigenvalue weighted by Gasteiger charge is 2.09. The molecule has 0 saturated carbocycles. The summed E-state index contributed by atoms with van der Waals surface area (Å²) < 4.78 is 23.3. The lowest BCUT2D eigenvalue weighted by atomic mass is 10.1. The van der Waals surface area contributed by atoms with Gasteiger partial charge in [-0.25, -0.2) is 4.39 Å². The molecule has 3 rings (SSSR count). The first-order valence-corrected chi connectivity index (χ1v) is 7.67. The van der Waals surface area contributed by atoms with E-state index < -0.39 is 0 Å². The second-order valence-corrected chi connectivity index (χ2v) is 5.44. The second kappa shape index (κ2) is 7.16. The zero-order valence-electron chi connectivity index (χ0n) is 13.3. The first-order valence-electron chi connectivity index (χ1n) is 7.67. The third-order valence-electron chi connectivity index (χ3n) is 3.79. The number of hydrogen-bond acceptors (Lipinski definition) is 4. The molecule has 0 aliphatic carbocycles. The van der Waals surface area contributed by atoms with E-state index in [1.165, 1.54) is 19.2 Å². The Morgan fingerprint density at radius 2 is 2.25 bits per heavy atom. The summed E-state index contributed by atoms with van der Waals surface area (Å²) in [5.41, 5.74) is 1.86. The number of H-pyrrole nitrogens is 1. The number of aromatic nitrogens is 2. The zero-order chi connectivity index (χ0) is 16.9. The number of benzene rings is 1. The van der Waals surface area contributed by atoms with Gasteiger partial charge in [-0.05, 0) is 35.3 Å². The van der Waals surface area contributed by atoms with Crippen molar-refractivity contribution in [3.8, 4) is 5.88 Å². The highest BCUT2D eigenvalue weighted by molar-refractivity contribution is 5.83. The number of aryl methyl sites for hydroxylation is 1. The van der Waals surface area contributed by atoms with Gasteiger partial charge in [-0.2, -0.15) is 0 Å². The Morgan fingerprint density at radius 3 is 3.04 bits per heavy atom. The fourth-order valence-corrected chi connectivity index (χ4v) is 2.53. The van der Waals surface area contributed by atoms with Gasteiger partial charge in [-0.3, -0.25) is 4.79 Å². The van der Waals surface area contributed by atoms with Gasteiger partial charge >= 0.3 is 0 Å². The molecule has 0 radical (unpaired) electrons. The largest absolute Gasteiger partial charge is 0.479 e. The Bertz CT molecular complexity index is 841.